The van der Waals surface area contributed by atoms with Gasteiger partial charge < -0.3 is 10.4 Å². The second kappa shape index (κ2) is 6.22. The Bertz CT molecular complexity index is 533. The normalized spacial score (nSPS) is 25.0. The van der Waals surface area contributed by atoms with Gasteiger partial charge in [-0.05, 0) is 11.5 Å². The number of hydrogen-bond donors (Lipinski definition) is 2. The standard InChI is InChI=1S/C14H22N2O3S/c1-11(12-6-4-3-5-7-12)10-20(18,19)16(2)13-8-15-9-14(13)17/h3-7,11,13-15,17H,8-10H2,1-2H3/t11?,13-,14-/m1/s1. The molecule has 1 heterocycles. The van der Waals surface area contributed by atoms with Crippen LogP contribution in [0.2, 0.25) is 0 Å². The smallest absolute Gasteiger partial charge is 0.214 e. The average Bonchev–Trinajstić information content (AvgIpc) is 2.84. The number of sulfonamides is 1. The number of likely N-dealkylation sites (N-methyl/N-ethyl adjacent to an activating group) is 1. The Kier molecular flexibility index (Phi) is 4.80. The fourth-order valence-corrected chi connectivity index (χ4v) is 4.23. The summed E-state index contributed by atoms with van der Waals surface area (Å²) in [5.74, 6) is -0.0216. The zero-order valence-electron chi connectivity index (χ0n) is 11.9. The first-order valence-electron chi connectivity index (χ1n) is 6.81. The van der Waals surface area contributed by atoms with Crippen LogP contribution in [-0.4, -0.2) is 55.9 Å². The first kappa shape index (κ1) is 15.4. The van der Waals surface area contributed by atoms with Crippen molar-refractivity contribution in [2.24, 2.45) is 0 Å². The van der Waals surface area contributed by atoms with Crippen LogP contribution in [0, 0.1) is 0 Å². The number of nitrogens with zero attached hydrogens (tertiary/aromatic N) is 1. The number of benzene rings is 1. The van der Waals surface area contributed by atoms with Crippen molar-refractivity contribution < 1.29 is 13.5 Å². The minimum absolute atomic E-state index is 0.0523. The Morgan fingerprint density at radius 3 is 2.55 bits per heavy atom. The van der Waals surface area contributed by atoms with E-state index >= 15 is 0 Å². The van der Waals surface area contributed by atoms with Crippen LogP contribution in [0.15, 0.2) is 30.3 Å². The van der Waals surface area contributed by atoms with Crippen molar-refractivity contribution in [3.8, 4) is 0 Å². The van der Waals surface area contributed by atoms with Gasteiger partial charge >= 0.3 is 0 Å². The van der Waals surface area contributed by atoms with Crippen molar-refractivity contribution in [1.82, 2.24) is 9.62 Å². The SMILES string of the molecule is CC(CS(=O)(=O)N(C)[C@@H]1CNC[C@H]1O)c1ccccc1. The highest BCUT2D eigenvalue weighted by molar-refractivity contribution is 7.89. The molecule has 5 nitrogen and oxygen atoms in total. The lowest BCUT2D eigenvalue weighted by Gasteiger charge is -2.27. The molecule has 1 aliphatic heterocycles. The van der Waals surface area contributed by atoms with Crippen molar-refractivity contribution in [2.75, 3.05) is 25.9 Å². The summed E-state index contributed by atoms with van der Waals surface area (Å²) in [6, 6.07) is 9.23. The minimum atomic E-state index is -3.39. The number of nitrogens with one attached hydrogen (secondary N) is 1. The van der Waals surface area contributed by atoms with Gasteiger partial charge in [-0.25, -0.2) is 8.42 Å². The fraction of sp³-hybridized carbons (Fsp3) is 0.571. The molecule has 1 aliphatic rings. The van der Waals surface area contributed by atoms with Crippen LogP contribution in [0.4, 0.5) is 0 Å². The fourth-order valence-electron chi connectivity index (χ4n) is 2.54. The van der Waals surface area contributed by atoms with E-state index in [1.807, 2.05) is 37.3 Å². The largest absolute Gasteiger partial charge is 0.390 e. The summed E-state index contributed by atoms with van der Waals surface area (Å²) in [5, 5.41) is 12.8. The molecule has 0 radical (unpaired) electrons. The van der Waals surface area contributed by atoms with Crippen LogP contribution in [-0.2, 0) is 10.0 Å². The quantitative estimate of drug-likeness (QED) is 0.825. The Hall–Kier alpha value is -0.950. The summed E-state index contributed by atoms with van der Waals surface area (Å²) in [5.41, 5.74) is 1.01. The van der Waals surface area contributed by atoms with E-state index in [1.165, 1.54) is 4.31 Å². The molecule has 0 bridgehead atoms. The number of rotatable bonds is 5. The van der Waals surface area contributed by atoms with Crippen molar-refractivity contribution in [1.29, 1.82) is 0 Å². The molecule has 6 heteroatoms. The molecule has 1 aromatic carbocycles. The molecule has 2 N–H and O–H groups in total. The third-order valence-corrected chi connectivity index (χ3v) is 5.96. The predicted molar refractivity (Wildman–Crippen MR) is 79.1 cm³/mol. The highest BCUT2D eigenvalue weighted by Gasteiger charge is 2.35. The Morgan fingerprint density at radius 2 is 2.00 bits per heavy atom. The van der Waals surface area contributed by atoms with Gasteiger partial charge in [0.05, 0.1) is 17.9 Å². The molecule has 0 amide bonds. The summed E-state index contributed by atoms with van der Waals surface area (Å²) < 4.78 is 26.2. The lowest BCUT2D eigenvalue weighted by atomic mass is 10.0. The number of β-amino-alcohol motifs (C(OH)–C–C–N with tert-alkyl or cyclic N) is 1. The number of aliphatic hydroxyl groups is 1. The highest BCUT2D eigenvalue weighted by Crippen LogP contribution is 2.20. The highest BCUT2D eigenvalue weighted by atomic mass is 32.2. The van der Waals surface area contributed by atoms with Gasteiger partial charge in [0.1, 0.15) is 0 Å². The van der Waals surface area contributed by atoms with E-state index in [0.29, 0.717) is 13.1 Å². The maximum absolute atomic E-state index is 12.4. The second-order valence-corrected chi connectivity index (χ2v) is 7.47. The second-order valence-electron chi connectivity index (χ2n) is 5.40. The Balaban J connectivity index is 2.07. The lowest BCUT2D eigenvalue weighted by Crippen LogP contribution is -2.45. The molecule has 3 atom stereocenters. The molecular formula is C14H22N2O3S. The molecule has 0 aliphatic carbocycles. The summed E-state index contributed by atoms with van der Waals surface area (Å²) in [6.45, 7) is 2.85. The summed E-state index contributed by atoms with van der Waals surface area (Å²) in [6.07, 6.45) is -0.637. The van der Waals surface area contributed by atoms with Crippen molar-refractivity contribution in [2.45, 2.75) is 25.0 Å². The van der Waals surface area contributed by atoms with Gasteiger partial charge in [0.15, 0.2) is 0 Å². The van der Waals surface area contributed by atoms with Crippen molar-refractivity contribution >= 4 is 10.0 Å². The monoisotopic (exact) mass is 298 g/mol. The molecule has 1 aromatic rings. The van der Waals surface area contributed by atoms with Gasteiger partial charge in [-0.2, -0.15) is 4.31 Å². The van der Waals surface area contributed by atoms with E-state index in [9.17, 15) is 13.5 Å². The number of aliphatic hydroxyl groups excluding tert-OH is 1. The van der Waals surface area contributed by atoms with Crippen LogP contribution in [0.3, 0.4) is 0 Å². The molecule has 1 fully saturated rings. The maximum atomic E-state index is 12.4. The molecule has 0 aromatic heterocycles. The zero-order chi connectivity index (χ0) is 14.8. The predicted octanol–water partition coefficient (Wildman–Crippen LogP) is 0.384. The lowest BCUT2D eigenvalue weighted by molar-refractivity contribution is 0.136. The minimum Gasteiger partial charge on any atom is -0.390 e. The van der Waals surface area contributed by atoms with Crippen LogP contribution >= 0.6 is 0 Å². The molecular weight excluding hydrogens is 276 g/mol. The molecule has 112 valence electrons. The molecule has 0 spiro atoms. The summed E-state index contributed by atoms with van der Waals surface area (Å²) >= 11 is 0. The van der Waals surface area contributed by atoms with E-state index in [-0.39, 0.29) is 17.7 Å². The van der Waals surface area contributed by atoms with Gasteiger partial charge in [-0.1, -0.05) is 37.3 Å². The summed E-state index contributed by atoms with van der Waals surface area (Å²) in [7, 11) is -1.84. The molecule has 0 saturated carbocycles. The van der Waals surface area contributed by atoms with Crippen LogP contribution in [0.1, 0.15) is 18.4 Å². The van der Waals surface area contributed by atoms with Crippen LogP contribution in [0.25, 0.3) is 0 Å². The first-order chi connectivity index (χ1) is 9.42. The first-order valence-corrected chi connectivity index (χ1v) is 8.42. The molecule has 2 rings (SSSR count). The molecule has 1 unspecified atom stereocenters. The van der Waals surface area contributed by atoms with E-state index in [4.69, 9.17) is 0 Å². The van der Waals surface area contributed by atoms with Gasteiger partial charge in [-0.3, -0.25) is 0 Å². The summed E-state index contributed by atoms with van der Waals surface area (Å²) in [4.78, 5) is 0. The molecule has 1 saturated heterocycles. The maximum Gasteiger partial charge on any atom is 0.214 e. The zero-order valence-corrected chi connectivity index (χ0v) is 12.7. The van der Waals surface area contributed by atoms with Gasteiger partial charge in [-0.15, -0.1) is 0 Å². The van der Waals surface area contributed by atoms with Crippen LogP contribution in [0.5, 0.6) is 0 Å². The average molecular weight is 298 g/mol. The third kappa shape index (κ3) is 3.38. The Morgan fingerprint density at radius 1 is 1.35 bits per heavy atom. The van der Waals surface area contributed by atoms with Gasteiger partial charge in [0.25, 0.3) is 0 Å². The van der Waals surface area contributed by atoms with E-state index < -0.39 is 16.1 Å². The topological polar surface area (TPSA) is 69.6 Å². The third-order valence-electron chi connectivity index (χ3n) is 3.89. The van der Waals surface area contributed by atoms with Gasteiger partial charge in [0.2, 0.25) is 10.0 Å². The van der Waals surface area contributed by atoms with Crippen molar-refractivity contribution in [3.63, 3.8) is 0 Å². The molecule has 20 heavy (non-hydrogen) atoms. The van der Waals surface area contributed by atoms with Crippen LogP contribution < -0.4 is 5.32 Å². The van der Waals surface area contributed by atoms with Gasteiger partial charge in [0, 0.05) is 20.1 Å². The number of hydrogen-bond acceptors (Lipinski definition) is 4. The Labute approximate surface area is 120 Å². The van der Waals surface area contributed by atoms with E-state index in [1.54, 1.807) is 7.05 Å². The van der Waals surface area contributed by atoms with E-state index in [2.05, 4.69) is 5.32 Å². The van der Waals surface area contributed by atoms with E-state index in [0.717, 1.165) is 5.56 Å². The van der Waals surface area contributed by atoms with Crippen molar-refractivity contribution in [3.05, 3.63) is 35.9 Å².